The zero-order valence-corrected chi connectivity index (χ0v) is 13.7. The van der Waals surface area contributed by atoms with E-state index in [0.29, 0.717) is 5.88 Å². The first-order valence-electron chi connectivity index (χ1n) is 4.51. The summed E-state index contributed by atoms with van der Waals surface area (Å²) in [5.74, 6) is 0.507. The highest BCUT2D eigenvalue weighted by molar-refractivity contribution is 9.11. The first-order chi connectivity index (χ1) is 7.02. The Hall–Kier alpha value is 0.647. The van der Waals surface area contributed by atoms with Gasteiger partial charge in [0.15, 0.2) is 4.96 Å². The number of rotatable bonds is 3. The molecule has 0 fully saturated rings. The summed E-state index contributed by atoms with van der Waals surface area (Å²) in [5, 5.41) is 2.97. The number of halogens is 4. The fourth-order valence-electron chi connectivity index (χ4n) is 1.47. The Labute approximate surface area is 116 Å². The Morgan fingerprint density at radius 2 is 2.13 bits per heavy atom. The summed E-state index contributed by atoms with van der Waals surface area (Å²) in [5.41, 5.74) is 5.29. The Bertz CT molecular complexity index is 317. The molecule has 0 spiro atoms. The second kappa shape index (κ2) is 5.82. The first-order valence-corrected chi connectivity index (χ1v) is 8.83. The van der Waals surface area contributed by atoms with Gasteiger partial charge in [0.25, 0.3) is 0 Å². The molecule has 15 heavy (non-hydrogen) atoms. The van der Waals surface area contributed by atoms with Gasteiger partial charge in [0.2, 0.25) is 0 Å². The van der Waals surface area contributed by atoms with Crippen molar-refractivity contribution < 1.29 is 0 Å². The van der Waals surface area contributed by atoms with Crippen LogP contribution in [0.1, 0.15) is 6.92 Å². The van der Waals surface area contributed by atoms with Gasteiger partial charge in [0.1, 0.15) is 4.61 Å². The zero-order valence-electron chi connectivity index (χ0n) is 8.45. The van der Waals surface area contributed by atoms with E-state index in [-0.39, 0.29) is 9.52 Å². The molecule has 0 unspecified atom stereocenters. The Morgan fingerprint density at radius 1 is 1.53 bits per heavy atom. The van der Waals surface area contributed by atoms with Crippen molar-refractivity contribution in [2.75, 3.05) is 5.88 Å². The topological polar surface area (TPSA) is 15.3 Å². The number of allylic oxidation sites excluding steroid dienone is 3. The van der Waals surface area contributed by atoms with E-state index in [9.17, 15) is 0 Å². The van der Waals surface area contributed by atoms with E-state index in [1.54, 1.807) is 5.01 Å². The molecule has 0 aromatic heterocycles. The molecular formula is C8H12BrCl3N2Si. The minimum Gasteiger partial charge on any atom is -0.299 e. The number of nitrogens with zero attached hydrogens (tertiary/aromatic N) is 1. The Kier molecular flexibility index (Phi) is 5.32. The molecule has 0 aromatic carbocycles. The summed E-state index contributed by atoms with van der Waals surface area (Å²) < 4.78 is 0.910. The standard InChI is InChI=1S/C8H12BrCl3N2Si/c1-4-5(3-10)6(15-2)7(9)14(13-4)8(11)12/h8,13H,3,15H2,1-2H3. The normalized spacial score (nSPS) is 18.5. The van der Waals surface area contributed by atoms with Gasteiger partial charge in [-0.05, 0) is 33.6 Å². The summed E-state index contributed by atoms with van der Waals surface area (Å²) in [4.78, 5) is -0.623. The molecule has 0 bridgehead atoms. The maximum Gasteiger partial charge on any atom is 0.198 e. The van der Waals surface area contributed by atoms with Crippen LogP contribution in [0.2, 0.25) is 6.55 Å². The minimum atomic E-state index is -0.623. The van der Waals surface area contributed by atoms with Crippen molar-refractivity contribution in [2.45, 2.75) is 18.4 Å². The van der Waals surface area contributed by atoms with Crippen LogP contribution in [0.25, 0.3) is 0 Å². The number of nitrogens with one attached hydrogen (secondary N) is 1. The molecule has 0 amide bonds. The van der Waals surface area contributed by atoms with Crippen molar-refractivity contribution in [2.24, 2.45) is 0 Å². The Balaban J connectivity index is 3.13. The highest BCUT2D eigenvalue weighted by Crippen LogP contribution is 2.31. The predicted octanol–water partition coefficient (Wildman–Crippen LogP) is 2.86. The lowest BCUT2D eigenvalue weighted by molar-refractivity contribution is 0.313. The molecule has 86 valence electrons. The molecule has 1 aliphatic heterocycles. The average Bonchev–Trinajstić information content (AvgIpc) is 2.19. The quantitative estimate of drug-likeness (QED) is 0.478. The van der Waals surface area contributed by atoms with Crippen LogP contribution < -0.4 is 5.43 Å². The van der Waals surface area contributed by atoms with Crippen LogP contribution in [-0.4, -0.2) is 25.4 Å². The summed E-state index contributed by atoms with van der Waals surface area (Å²) in [6.07, 6.45) is 0. The van der Waals surface area contributed by atoms with Crippen molar-refractivity contribution in [1.82, 2.24) is 10.4 Å². The molecule has 1 rings (SSSR count). The lowest BCUT2D eigenvalue weighted by Gasteiger charge is -2.34. The minimum absolute atomic E-state index is 0.342. The monoisotopic (exact) mass is 348 g/mol. The molecule has 0 saturated heterocycles. The molecule has 7 heteroatoms. The van der Waals surface area contributed by atoms with Crippen LogP contribution >= 0.6 is 50.7 Å². The van der Waals surface area contributed by atoms with Gasteiger partial charge >= 0.3 is 0 Å². The highest BCUT2D eigenvalue weighted by Gasteiger charge is 2.25. The molecule has 0 atom stereocenters. The molecule has 0 aliphatic carbocycles. The van der Waals surface area contributed by atoms with E-state index in [1.807, 2.05) is 6.92 Å². The van der Waals surface area contributed by atoms with Gasteiger partial charge in [-0.2, -0.15) is 0 Å². The number of alkyl halides is 3. The second-order valence-electron chi connectivity index (χ2n) is 3.12. The fraction of sp³-hybridized carbons (Fsp3) is 0.500. The summed E-state index contributed by atoms with van der Waals surface area (Å²) in [6.45, 7) is 4.18. The van der Waals surface area contributed by atoms with Crippen molar-refractivity contribution in [3.63, 3.8) is 0 Å². The molecule has 1 N–H and O–H groups in total. The van der Waals surface area contributed by atoms with Crippen LogP contribution in [0.5, 0.6) is 0 Å². The van der Waals surface area contributed by atoms with Gasteiger partial charge in [0, 0.05) is 11.6 Å². The maximum absolute atomic E-state index is 5.93. The number of hydrazine groups is 1. The van der Waals surface area contributed by atoms with Crippen LogP contribution in [-0.2, 0) is 0 Å². The lowest BCUT2D eigenvalue weighted by atomic mass is 10.2. The van der Waals surface area contributed by atoms with Crippen molar-refractivity contribution >= 4 is 60.3 Å². The van der Waals surface area contributed by atoms with Crippen LogP contribution in [0.3, 0.4) is 0 Å². The van der Waals surface area contributed by atoms with Crippen LogP contribution in [0.15, 0.2) is 21.1 Å². The van der Waals surface area contributed by atoms with Crippen molar-refractivity contribution in [3.05, 3.63) is 21.1 Å². The van der Waals surface area contributed by atoms with E-state index in [4.69, 9.17) is 34.8 Å². The molecule has 0 saturated carbocycles. The predicted molar refractivity (Wildman–Crippen MR) is 74.2 cm³/mol. The molecule has 0 radical (unpaired) electrons. The van der Waals surface area contributed by atoms with E-state index >= 15 is 0 Å². The number of hydrogen-bond acceptors (Lipinski definition) is 2. The largest absolute Gasteiger partial charge is 0.299 e. The third-order valence-corrected chi connectivity index (χ3v) is 5.75. The van der Waals surface area contributed by atoms with Crippen molar-refractivity contribution in [1.29, 1.82) is 0 Å². The van der Waals surface area contributed by atoms with Gasteiger partial charge < -0.3 is 0 Å². The van der Waals surface area contributed by atoms with E-state index in [2.05, 4.69) is 27.9 Å². The molecule has 2 nitrogen and oxygen atoms in total. The van der Waals surface area contributed by atoms with Crippen molar-refractivity contribution in [3.8, 4) is 0 Å². The summed E-state index contributed by atoms with van der Waals surface area (Å²) in [7, 11) is -0.342. The second-order valence-corrected chi connectivity index (χ2v) is 6.60. The SMILES string of the molecule is C[SiH2]C1=C(Br)N(C(Cl)Cl)NC(C)=C1CCl. The fourth-order valence-corrected chi connectivity index (χ4v) is 5.17. The molecular weight excluding hydrogens is 338 g/mol. The summed E-state index contributed by atoms with van der Waals surface area (Å²) in [6, 6.07) is 0. The van der Waals surface area contributed by atoms with Gasteiger partial charge in [0.05, 0.1) is 9.52 Å². The molecule has 1 heterocycles. The van der Waals surface area contributed by atoms with E-state index in [0.717, 1.165) is 15.9 Å². The maximum atomic E-state index is 5.93. The lowest BCUT2D eigenvalue weighted by Crippen LogP contribution is -2.42. The third-order valence-electron chi connectivity index (χ3n) is 2.25. The first kappa shape index (κ1) is 13.7. The third kappa shape index (κ3) is 2.85. The van der Waals surface area contributed by atoms with Gasteiger partial charge in [-0.1, -0.05) is 29.7 Å². The molecule has 1 aliphatic rings. The van der Waals surface area contributed by atoms with E-state index in [1.165, 1.54) is 5.20 Å². The molecule has 0 aromatic rings. The van der Waals surface area contributed by atoms with Crippen LogP contribution in [0, 0.1) is 0 Å². The number of hydrogen-bond donors (Lipinski definition) is 1. The zero-order chi connectivity index (χ0) is 11.6. The van der Waals surface area contributed by atoms with Gasteiger partial charge in [-0.25, -0.2) is 5.01 Å². The summed E-state index contributed by atoms with van der Waals surface area (Å²) >= 11 is 21.1. The Morgan fingerprint density at radius 3 is 2.53 bits per heavy atom. The average molecular weight is 351 g/mol. The van der Waals surface area contributed by atoms with Crippen LogP contribution in [0.4, 0.5) is 0 Å². The smallest absolute Gasteiger partial charge is 0.198 e. The van der Waals surface area contributed by atoms with Gasteiger partial charge in [-0.15, -0.1) is 11.6 Å². The highest BCUT2D eigenvalue weighted by atomic mass is 79.9. The van der Waals surface area contributed by atoms with Gasteiger partial charge in [-0.3, -0.25) is 5.43 Å². The van der Waals surface area contributed by atoms with E-state index < -0.39 is 4.96 Å².